The number of carbonyl (C=O) groups is 4. The average Bonchev–Trinajstić information content (AvgIpc) is 3.42. The Morgan fingerprint density at radius 2 is 1.52 bits per heavy atom. The molecule has 0 radical (unpaired) electrons. The van der Waals surface area contributed by atoms with Crippen LogP contribution in [-0.2, 0) is 32.9 Å². The van der Waals surface area contributed by atoms with Crippen molar-refractivity contribution in [1.29, 1.82) is 0 Å². The minimum Gasteiger partial charge on any atom is -0.453 e. The lowest BCUT2D eigenvalue weighted by Crippen LogP contribution is -2.61. The Kier molecular flexibility index (Phi) is 15.5. The number of carbonyl (C=O) groups excluding carboxylic acids is 4. The van der Waals surface area contributed by atoms with Crippen LogP contribution in [0.3, 0.4) is 0 Å². The number of benzene rings is 1. The maximum Gasteiger partial charge on any atom is 0.407 e. The summed E-state index contributed by atoms with van der Waals surface area (Å²) in [5.74, 6) is -0.880. The number of amides is 5. The Hall–Kier alpha value is -4.27. The number of alkyl carbamates (subject to hydrolysis) is 1. The number of nitrogens with zero attached hydrogens (tertiary/aromatic N) is 4. The van der Waals surface area contributed by atoms with Gasteiger partial charge in [-0.15, -0.1) is 0 Å². The van der Waals surface area contributed by atoms with Gasteiger partial charge in [0.15, 0.2) is 0 Å². The summed E-state index contributed by atoms with van der Waals surface area (Å²) in [6.45, 7) is 22.0. The van der Waals surface area contributed by atoms with Gasteiger partial charge in [-0.05, 0) is 60.6 Å². The number of rotatable bonds is 16. The van der Waals surface area contributed by atoms with Gasteiger partial charge >= 0.3 is 12.1 Å². The molecule has 5 N–H and O–H groups in total. The zero-order valence-corrected chi connectivity index (χ0v) is 35.6. The molecule has 1 aromatic heterocycles. The predicted octanol–water partition coefficient (Wildman–Crippen LogP) is 4.59. The fraction of sp³-hybridized carbons (Fsp3) is 0.643. The second-order valence-electron chi connectivity index (χ2n) is 18.8. The molecule has 1 saturated heterocycles. The van der Waals surface area contributed by atoms with Crippen LogP contribution in [0.4, 0.5) is 9.59 Å². The number of aromatic nitrogens is 1. The fourth-order valence-electron chi connectivity index (χ4n) is 6.60. The first kappa shape index (κ1) is 46.1. The topological polar surface area (TPSA) is 177 Å². The number of hydrogen-bond acceptors (Lipinski definition) is 9. The van der Waals surface area contributed by atoms with Crippen molar-refractivity contribution in [2.45, 2.75) is 125 Å². The van der Waals surface area contributed by atoms with Crippen LogP contribution in [-0.4, -0.2) is 111 Å². The highest BCUT2D eigenvalue weighted by Gasteiger charge is 2.44. The van der Waals surface area contributed by atoms with Crippen molar-refractivity contribution < 1.29 is 34.1 Å². The van der Waals surface area contributed by atoms with E-state index in [1.807, 2.05) is 71.9 Å². The third-order valence-corrected chi connectivity index (χ3v) is 9.77. The van der Waals surface area contributed by atoms with E-state index in [-0.39, 0.29) is 31.0 Å². The van der Waals surface area contributed by atoms with E-state index in [1.165, 1.54) is 7.11 Å². The lowest BCUT2D eigenvalue weighted by atomic mass is 9.84. The summed E-state index contributed by atoms with van der Waals surface area (Å²) in [6, 6.07) is 11.9. The van der Waals surface area contributed by atoms with Crippen molar-refractivity contribution in [1.82, 2.24) is 35.9 Å². The van der Waals surface area contributed by atoms with Crippen molar-refractivity contribution in [2.24, 2.45) is 16.2 Å². The number of aliphatic hydroxyl groups excluding tert-OH is 1. The second-order valence-corrected chi connectivity index (χ2v) is 18.8. The highest BCUT2D eigenvalue weighted by Crippen LogP contribution is 2.29. The first-order chi connectivity index (χ1) is 25.8. The van der Waals surface area contributed by atoms with Crippen LogP contribution in [0.5, 0.6) is 0 Å². The minimum absolute atomic E-state index is 0.0397. The Labute approximate surface area is 333 Å². The van der Waals surface area contributed by atoms with Crippen LogP contribution >= 0.6 is 0 Å². The number of methoxy groups -OCH3 is 1. The lowest BCUT2D eigenvalue weighted by molar-refractivity contribution is -0.133. The molecule has 0 bridgehead atoms. The molecule has 1 aromatic carbocycles. The molecular formula is C42H67N7O7. The Morgan fingerprint density at radius 3 is 2.07 bits per heavy atom. The van der Waals surface area contributed by atoms with Gasteiger partial charge in [-0.3, -0.25) is 20.0 Å². The van der Waals surface area contributed by atoms with Crippen molar-refractivity contribution in [3.63, 3.8) is 0 Å². The summed E-state index contributed by atoms with van der Waals surface area (Å²) < 4.78 is 4.79. The predicted molar refractivity (Wildman–Crippen MR) is 216 cm³/mol. The Morgan fingerprint density at radius 1 is 0.875 bits per heavy atom. The van der Waals surface area contributed by atoms with Gasteiger partial charge in [0.25, 0.3) is 5.91 Å². The minimum atomic E-state index is -1.17. The van der Waals surface area contributed by atoms with E-state index in [0.717, 1.165) is 5.56 Å². The molecule has 2 heterocycles. The summed E-state index contributed by atoms with van der Waals surface area (Å²) in [5, 5.41) is 29.9. The van der Waals surface area contributed by atoms with E-state index in [0.29, 0.717) is 37.4 Å². The standard InChI is InChI=1S/C42H67N7O7/c1-39(2,3)21-22-48(46-35(51)33(40(4,5)6)45-37(53)56-12)27-31(50)30(25-28-17-14-13-15-18-28)44-36(52)34(41(7,8)9)49-24-23-47(38(49)54)26-29-19-16-20-32(43-29)42(10,11)55/h13-20,30-31,33-34,50,55H,21-27H2,1-12H3,(H,44,52)(H,45,53)(H,46,51)/t30-,31-,33+,34+/m0/s1. The quantitative estimate of drug-likeness (QED) is 0.153. The third kappa shape index (κ3) is 13.7. The van der Waals surface area contributed by atoms with Crippen LogP contribution in [0.1, 0.15) is 99.5 Å². The molecule has 1 fully saturated rings. The molecule has 1 aliphatic rings. The molecule has 312 valence electrons. The fourth-order valence-corrected chi connectivity index (χ4v) is 6.60. The molecule has 5 amide bonds. The van der Waals surface area contributed by atoms with Crippen LogP contribution in [0, 0.1) is 16.2 Å². The maximum atomic E-state index is 14.5. The molecule has 56 heavy (non-hydrogen) atoms. The largest absolute Gasteiger partial charge is 0.453 e. The second kappa shape index (κ2) is 18.8. The molecule has 3 rings (SSSR count). The monoisotopic (exact) mass is 782 g/mol. The number of hydrogen-bond donors (Lipinski definition) is 5. The van der Waals surface area contributed by atoms with Crippen LogP contribution < -0.4 is 16.1 Å². The molecule has 0 aliphatic carbocycles. The zero-order chi connectivity index (χ0) is 42.2. The molecule has 14 nitrogen and oxygen atoms in total. The third-order valence-electron chi connectivity index (χ3n) is 9.77. The van der Waals surface area contributed by atoms with E-state index in [2.05, 4.69) is 41.8 Å². The van der Waals surface area contributed by atoms with Gasteiger partial charge in [0.2, 0.25) is 5.91 Å². The summed E-state index contributed by atoms with van der Waals surface area (Å²) in [5.41, 5.74) is 2.34. The van der Waals surface area contributed by atoms with E-state index >= 15 is 0 Å². The number of nitrogens with one attached hydrogen (secondary N) is 3. The molecule has 0 spiro atoms. The Balaban J connectivity index is 1.90. The van der Waals surface area contributed by atoms with E-state index in [9.17, 15) is 29.4 Å². The number of aliphatic hydroxyl groups is 2. The molecule has 4 atom stereocenters. The number of hydrazine groups is 1. The van der Waals surface area contributed by atoms with Gasteiger partial charge < -0.3 is 35.4 Å². The molecule has 0 saturated carbocycles. The first-order valence-electron chi connectivity index (χ1n) is 19.5. The normalized spacial score (nSPS) is 16.3. The van der Waals surface area contributed by atoms with Crippen molar-refractivity contribution >= 4 is 23.9 Å². The van der Waals surface area contributed by atoms with Crippen molar-refractivity contribution in [3.05, 3.63) is 65.5 Å². The highest BCUT2D eigenvalue weighted by atomic mass is 16.5. The van der Waals surface area contributed by atoms with E-state index in [1.54, 1.807) is 46.9 Å². The number of ether oxygens (including phenoxy) is 1. The average molecular weight is 782 g/mol. The number of pyridine rings is 1. The molecular weight excluding hydrogens is 715 g/mol. The maximum absolute atomic E-state index is 14.5. The molecule has 1 aliphatic heterocycles. The van der Waals surface area contributed by atoms with Gasteiger partial charge in [-0.2, -0.15) is 0 Å². The van der Waals surface area contributed by atoms with Crippen LogP contribution in [0.2, 0.25) is 0 Å². The zero-order valence-electron chi connectivity index (χ0n) is 35.6. The SMILES string of the molecule is COC(=O)N[C@H](C(=O)NN(CCC(C)(C)C)C[C@H](O)[C@H](Cc1ccccc1)NC(=O)[C@@H](N1CCN(Cc2cccc(C(C)(C)O)n2)C1=O)C(C)(C)C)C(C)(C)C. The van der Waals surface area contributed by atoms with E-state index in [4.69, 9.17) is 4.74 Å². The van der Waals surface area contributed by atoms with Gasteiger partial charge in [0.05, 0.1) is 37.2 Å². The van der Waals surface area contributed by atoms with Crippen LogP contribution in [0.25, 0.3) is 0 Å². The van der Waals surface area contributed by atoms with Gasteiger partial charge in [-0.1, -0.05) is 98.7 Å². The van der Waals surface area contributed by atoms with Crippen LogP contribution in [0.15, 0.2) is 48.5 Å². The number of urea groups is 1. The van der Waals surface area contributed by atoms with Gasteiger partial charge in [0.1, 0.15) is 17.7 Å². The summed E-state index contributed by atoms with van der Waals surface area (Å²) in [6.07, 6.45) is -0.959. The summed E-state index contributed by atoms with van der Waals surface area (Å²) in [4.78, 5) is 62.2. The molecule has 14 heteroatoms. The lowest BCUT2D eigenvalue weighted by Gasteiger charge is -2.39. The molecule has 0 unspecified atom stereocenters. The summed E-state index contributed by atoms with van der Waals surface area (Å²) in [7, 11) is 1.23. The molecule has 2 aromatic rings. The van der Waals surface area contributed by atoms with Gasteiger partial charge in [0, 0.05) is 26.2 Å². The first-order valence-corrected chi connectivity index (χ1v) is 19.5. The van der Waals surface area contributed by atoms with Gasteiger partial charge in [-0.25, -0.2) is 14.6 Å². The smallest absolute Gasteiger partial charge is 0.407 e. The van der Waals surface area contributed by atoms with E-state index < -0.39 is 58.6 Å². The van der Waals surface area contributed by atoms with Crippen molar-refractivity contribution in [3.8, 4) is 0 Å². The van der Waals surface area contributed by atoms with Crippen molar-refractivity contribution in [2.75, 3.05) is 33.3 Å². The highest BCUT2D eigenvalue weighted by molar-refractivity contribution is 5.89. The Bertz CT molecular complexity index is 1630. The summed E-state index contributed by atoms with van der Waals surface area (Å²) >= 11 is 0.